The summed E-state index contributed by atoms with van der Waals surface area (Å²) in [6.45, 7) is 0. The third-order valence-electron chi connectivity index (χ3n) is 4.00. The van der Waals surface area contributed by atoms with Crippen molar-refractivity contribution in [2.24, 2.45) is 0 Å². The van der Waals surface area contributed by atoms with Gasteiger partial charge in [0.1, 0.15) is 22.9 Å². The summed E-state index contributed by atoms with van der Waals surface area (Å²) >= 11 is 18.0. The summed E-state index contributed by atoms with van der Waals surface area (Å²) in [4.78, 5) is 11.5. The molecule has 2 aromatic carbocycles. The maximum atomic E-state index is 11.2. The zero-order chi connectivity index (χ0) is 18.8. The highest BCUT2D eigenvalue weighted by molar-refractivity contribution is 7.80. The topological polar surface area (TPSA) is 67.8 Å². The molecule has 136 valence electrons. The molecule has 1 aliphatic heterocycles. The van der Waals surface area contributed by atoms with Crippen molar-refractivity contribution in [3.05, 3.63) is 57.6 Å². The molecule has 1 heterocycles. The first-order valence-electron chi connectivity index (χ1n) is 7.70. The number of nitrogens with one attached hydrogen (secondary N) is 1. The summed E-state index contributed by atoms with van der Waals surface area (Å²) in [5.74, 6) is -0.524. The summed E-state index contributed by atoms with van der Waals surface area (Å²) in [6.07, 6.45) is -1.75. The molecule has 0 unspecified atom stereocenters. The molecule has 1 aliphatic rings. The fourth-order valence-electron chi connectivity index (χ4n) is 2.81. The first kappa shape index (κ1) is 18.9. The predicted molar refractivity (Wildman–Crippen MR) is 105 cm³/mol. The number of hydrogen-bond acceptors (Lipinski definition) is 4. The molecule has 0 radical (unpaired) electrons. The number of fused-ring (bicyclic) bond motifs is 1. The van der Waals surface area contributed by atoms with Crippen LogP contribution >= 0.6 is 35.4 Å². The standard InChI is InChI=1S/C18H15Cl2NO4S/c1-24-13-4-2-3-10(16(13)20)17-11-7-9(19)5-6-12(11)21-18(26)14(25-17)8-15(22)23/h2-7,14,17H,8H2,1H3,(H,21,26)(H,22,23)/t14-,17-/m1/s1. The van der Waals surface area contributed by atoms with Crippen LogP contribution < -0.4 is 10.1 Å². The molecule has 0 amide bonds. The molecule has 0 saturated heterocycles. The average molecular weight is 412 g/mol. The Hall–Kier alpha value is -1.86. The second-order valence-electron chi connectivity index (χ2n) is 5.69. The third kappa shape index (κ3) is 3.78. The van der Waals surface area contributed by atoms with Crippen LogP contribution in [0.1, 0.15) is 23.7 Å². The fourth-order valence-corrected chi connectivity index (χ4v) is 3.54. The Morgan fingerprint density at radius 1 is 1.31 bits per heavy atom. The SMILES string of the molecule is COc1cccc([C@H]2O[C@H](CC(=O)O)C(=S)Nc3ccc(Cl)cc32)c1Cl. The van der Waals surface area contributed by atoms with Crippen molar-refractivity contribution in [2.45, 2.75) is 18.6 Å². The third-order valence-corrected chi connectivity index (χ3v) is 5.01. The number of thiocarbonyl (C=S) groups is 1. The lowest BCUT2D eigenvalue weighted by atomic mass is 9.99. The normalized spacial score (nSPS) is 19.3. The first-order chi connectivity index (χ1) is 12.4. The first-order valence-corrected chi connectivity index (χ1v) is 8.87. The molecule has 2 N–H and O–H groups in total. The van der Waals surface area contributed by atoms with Crippen LogP contribution in [0.2, 0.25) is 10.0 Å². The number of halogens is 2. The van der Waals surface area contributed by atoms with Crippen molar-refractivity contribution in [3.63, 3.8) is 0 Å². The summed E-state index contributed by atoms with van der Waals surface area (Å²) in [6, 6.07) is 10.6. The van der Waals surface area contributed by atoms with Gasteiger partial charge in [-0.1, -0.05) is 47.6 Å². The van der Waals surface area contributed by atoms with Gasteiger partial charge in [0.25, 0.3) is 0 Å². The Morgan fingerprint density at radius 3 is 2.77 bits per heavy atom. The lowest BCUT2D eigenvalue weighted by Gasteiger charge is -2.23. The van der Waals surface area contributed by atoms with E-state index in [1.807, 2.05) is 0 Å². The van der Waals surface area contributed by atoms with E-state index in [2.05, 4.69) is 5.32 Å². The quantitative estimate of drug-likeness (QED) is 0.710. The largest absolute Gasteiger partial charge is 0.495 e. The molecule has 0 aromatic heterocycles. The molecular weight excluding hydrogens is 397 g/mol. The zero-order valence-corrected chi connectivity index (χ0v) is 16.0. The molecule has 5 nitrogen and oxygen atoms in total. The monoisotopic (exact) mass is 411 g/mol. The molecule has 0 fully saturated rings. The van der Waals surface area contributed by atoms with Crippen molar-refractivity contribution in [1.29, 1.82) is 0 Å². The van der Waals surface area contributed by atoms with Gasteiger partial charge in [0.15, 0.2) is 0 Å². The molecule has 8 heteroatoms. The highest BCUT2D eigenvalue weighted by Gasteiger charge is 2.32. The van der Waals surface area contributed by atoms with E-state index in [0.717, 1.165) is 0 Å². The van der Waals surface area contributed by atoms with Gasteiger partial charge >= 0.3 is 5.97 Å². The van der Waals surface area contributed by atoms with Gasteiger partial charge in [-0.25, -0.2) is 0 Å². The van der Waals surface area contributed by atoms with E-state index in [9.17, 15) is 9.90 Å². The minimum atomic E-state index is -1.02. The predicted octanol–water partition coefficient (Wildman–Crippen LogP) is 4.70. The van der Waals surface area contributed by atoms with Crippen molar-refractivity contribution in [2.75, 3.05) is 12.4 Å². The number of carboxylic acids is 1. The van der Waals surface area contributed by atoms with Gasteiger partial charge in [0, 0.05) is 21.8 Å². The molecule has 0 bridgehead atoms. The number of carboxylic acid groups (broad SMARTS) is 1. The van der Waals surface area contributed by atoms with Crippen LogP contribution in [0.4, 0.5) is 5.69 Å². The summed E-state index contributed by atoms with van der Waals surface area (Å²) in [5.41, 5.74) is 2.04. The van der Waals surface area contributed by atoms with Crippen LogP contribution in [0, 0.1) is 0 Å². The molecule has 26 heavy (non-hydrogen) atoms. The van der Waals surface area contributed by atoms with Crippen molar-refractivity contribution in [3.8, 4) is 5.75 Å². The number of rotatable bonds is 4. The number of ether oxygens (including phenoxy) is 2. The van der Waals surface area contributed by atoms with Crippen molar-refractivity contribution in [1.82, 2.24) is 0 Å². The smallest absolute Gasteiger partial charge is 0.306 e. The van der Waals surface area contributed by atoms with Crippen LogP contribution in [0.3, 0.4) is 0 Å². The van der Waals surface area contributed by atoms with Gasteiger partial charge in [0.05, 0.1) is 18.6 Å². The second-order valence-corrected chi connectivity index (χ2v) is 6.94. The number of benzene rings is 2. The van der Waals surface area contributed by atoms with Gasteiger partial charge in [0.2, 0.25) is 0 Å². The average Bonchev–Trinajstić information content (AvgIpc) is 2.72. The van der Waals surface area contributed by atoms with Gasteiger partial charge in [-0.05, 0) is 24.3 Å². The Balaban J connectivity index is 2.15. The van der Waals surface area contributed by atoms with E-state index in [4.69, 9.17) is 44.9 Å². The van der Waals surface area contributed by atoms with Crippen molar-refractivity contribution < 1.29 is 19.4 Å². The van der Waals surface area contributed by atoms with E-state index < -0.39 is 18.2 Å². The number of carbonyl (C=O) groups is 1. The highest BCUT2D eigenvalue weighted by atomic mass is 35.5. The van der Waals surface area contributed by atoms with E-state index in [1.54, 1.807) is 36.4 Å². The maximum Gasteiger partial charge on any atom is 0.306 e. The molecule has 2 aromatic rings. The molecule has 0 aliphatic carbocycles. The van der Waals surface area contributed by atoms with Gasteiger partial charge in [-0.2, -0.15) is 0 Å². The van der Waals surface area contributed by atoms with Crippen LogP contribution in [-0.2, 0) is 9.53 Å². The van der Waals surface area contributed by atoms with Crippen molar-refractivity contribution >= 4 is 52.1 Å². The van der Waals surface area contributed by atoms with Crippen LogP contribution in [0.5, 0.6) is 5.75 Å². The van der Waals surface area contributed by atoms with Crippen LogP contribution in [-0.4, -0.2) is 29.3 Å². The van der Waals surface area contributed by atoms with Gasteiger partial charge < -0.3 is 19.9 Å². The summed E-state index contributed by atoms with van der Waals surface area (Å²) in [7, 11) is 1.52. The van der Waals surface area contributed by atoms with E-state index in [-0.39, 0.29) is 11.4 Å². The summed E-state index contributed by atoms with van der Waals surface area (Å²) in [5, 5.41) is 13.2. The molecule has 0 spiro atoms. The Labute approximate surface area is 165 Å². The van der Waals surface area contributed by atoms with Gasteiger partial charge in [-0.15, -0.1) is 0 Å². The Morgan fingerprint density at radius 2 is 2.08 bits per heavy atom. The zero-order valence-electron chi connectivity index (χ0n) is 13.7. The number of aliphatic carboxylic acids is 1. The minimum Gasteiger partial charge on any atom is -0.495 e. The van der Waals surface area contributed by atoms with Gasteiger partial charge in [-0.3, -0.25) is 4.79 Å². The second kappa shape index (κ2) is 7.80. The highest BCUT2D eigenvalue weighted by Crippen LogP contribution is 2.42. The number of anilines is 1. The van der Waals surface area contributed by atoms with Crippen LogP contribution in [0.25, 0.3) is 0 Å². The fraction of sp³-hybridized carbons (Fsp3) is 0.222. The number of methoxy groups -OCH3 is 1. The molecule has 3 rings (SSSR count). The summed E-state index contributed by atoms with van der Waals surface area (Å²) < 4.78 is 11.4. The molecular formula is C18H15Cl2NO4S. The lowest BCUT2D eigenvalue weighted by molar-refractivity contribution is -0.139. The van der Waals surface area contributed by atoms with E-state index >= 15 is 0 Å². The van der Waals surface area contributed by atoms with Crippen LogP contribution in [0.15, 0.2) is 36.4 Å². The Kier molecular flexibility index (Phi) is 5.67. The minimum absolute atomic E-state index is 0.272. The molecule has 2 atom stereocenters. The molecule has 0 saturated carbocycles. The maximum absolute atomic E-state index is 11.2. The van der Waals surface area contributed by atoms with E-state index in [1.165, 1.54) is 7.11 Å². The Bertz CT molecular complexity index is 874. The van der Waals surface area contributed by atoms with E-state index in [0.29, 0.717) is 32.6 Å². The number of hydrogen-bond donors (Lipinski definition) is 2. The lowest BCUT2D eigenvalue weighted by Crippen LogP contribution is -2.30.